The molecule has 1 fully saturated rings. The van der Waals surface area contributed by atoms with E-state index in [2.05, 4.69) is 12.2 Å². The summed E-state index contributed by atoms with van der Waals surface area (Å²) >= 11 is 0. The van der Waals surface area contributed by atoms with Crippen molar-refractivity contribution in [3.63, 3.8) is 0 Å². The van der Waals surface area contributed by atoms with E-state index in [1.165, 1.54) is 19.3 Å². The smallest absolute Gasteiger partial charge is 0.257 e. The molecule has 0 spiro atoms. The molecule has 1 aromatic rings. The van der Waals surface area contributed by atoms with Gasteiger partial charge in [0.2, 0.25) is 0 Å². The number of carbonyl (C=O) groups excluding carboxylic acids is 1. The first-order chi connectivity index (χ1) is 10.1. The van der Waals surface area contributed by atoms with Crippen molar-refractivity contribution < 1.29 is 9.53 Å². The van der Waals surface area contributed by atoms with Crippen LogP contribution in [0.15, 0.2) is 18.2 Å². The third-order valence-electron chi connectivity index (χ3n) is 4.18. The van der Waals surface area contributed by atoms with Crippen LogP contribution in [-0.4, -0.2) is 18.6 Å². The highest BCUT2D eigenvalue weighted by Gasteiger charge is 2.21. The fourth-order valence-corrected chi connectivity index (χ4v) is 2.96. The number of amides is 1. The molecule has 0 saturated heterocycles. The van der Waals surface area contributed by atoms with Gasteiger partial charge in [-0.05, 0) is 44.2 Å². The van der Waals surface area contributed by atoms with Crippen LogP contribution < -0.4 is 15.8 Å². The lowest BCUT2D eigenvalue weighted by atomic mass is 10.0. The quantitative estimate of drug-likeness (QED) is 0.660. The van der Waals surface area contributed by atoms with Gasteiger partial charge in [0.25, 0.3) is 5.91 Å². The van der Waals surface area contributed by atoms with E-state index in [-0.39, 0.29) is 11.9 Å². The van der Waals surface area contributed by atoms with E-state index in [0.717, 1.165) is 18.8 Å². The van der Waals surface area contributed by atoms with Gasteiger partial charge < -0.3 is 15.8 Å². The van der Waals surface area contributed by atoms with Gasteiger partial charge in [-0.15, -0.1) is 0 Å². The number of rotatable bonds is 4. The Hall–Kier alpha value is -1.71. The van der Waals surface area contributed by atoms with Crippen LogP contribution in [0.5, 0.6) is 5.75 Å². The first-order valence-electron chi connectivity index (χ1n) is 7.94. The zero-order chi connectivity index (χ0) is 15.2. The van der Waals surface area contributed by atoms with Crippen LogP contribution in [0.1, 0.15) is 56.3 Å². The third-order valence-corrected chi connectivity index (χ3v) is 4.18. The maximum Gasteiger partial charge on any atom is 0.257 e. The van der Waals surface area contributed by atoms with Gasteiger partial charge in [0.1, 0.15) is 11.3 Å². The van der Waals surface area contributed by atoms with Gasteiger partial charge in [0, 0.05) is 11.7 Å². The molecule has 4 heteroatoms. The Kier molecular flexibility index (Phi) is 5.48. The average molecular weight is 290 g/mol. The topological polar surface area (TPSA) is 64.3 Å². The molecule has 0 aromatic heterocycles. The molecule has 2 rings (SSSR count). The molecule has 0 radical (unpaired) electrons. The molecule has 116 valence electrons. The molecule has 1 aromatic carbocycles. The van der Waals surface area contributed by atoms with Crippen molar-refractivity contribution in [1.82, 2.24) is 5.32 Å². The van der Waals surface area contributed by atoms with Gasteiger partial charge in [-0.1, -0.05) is 25.8 Å². The number of nitrogens with two attached hydrogens (primary N) is 1. The van der Waals surface area contributed by atoms with Gasteiger partial charge in [-0.25, -0.2) is 0 Å². The Morgan fingerprint density at radius 1 is 1.33 bits per heavy atom. The second kappa shape index (κ2) is 7.34. The fraction of sp³-hybridized carbons (Fsp3) is 0.588. The Morgan fingerprint density at radius 3 is 2.90 bits per heavy atom. The highest BCUT2D eigenvalue weighted by Crippen LogP contribution is 2.26. The highest BCUT2D eigenvalue weighted by molar-refractivity contribution is 6.02. The third kappa shape index (κ3) is 4.13. The standard InChI is InChI=1S/C17H26N2O2/c1-3-21-15-9-5-8-14(18)16(15)17(20)19-13-7-4-6-12(2)10-11-13/h5,8-9,12-13H,3-4,6-7,10-11,18H2,1-2H3,(H,19,20). The second-order valence-electron chi connectivity index (χ2n) is 5.94. The van der Waals surface area contributed by atoms with Gasteiger partial charge >= 0.3 is 0 Å². The van der Waals surface area contributed by atoms with Crippen molar-refractivity contribution in [3.05, 3.63) is 23.8 Å². The second-order valence-corrected chi connectivity index (χ2v) is 5.94. The molecule has 2 atom stereocenters. The number of benzene rings is 1. The molecule has 0 bridgehead atoms. The van der Waals surface area contributed by atoms with Crippen molar-refractivity contribution >= 4 is 11.6 Å². The molecular weight excluding hydrogens is 264 g/mol. The molecule has 1 saturated carbocycles. The molecule has 4 nitrogen and oxygen atoms in total. The molecule has 2 unspecified atom stereocenters. The predicted octanol–water partition coefficient (Wildman–Crippen LogP) is 3.37. The summed E-state index contributed by atoms with van der Waals surface area (Å²) in [6.45, 7) is 4.70. The Bertz CT molecular complexity index is 488. The minimum Gasteiger partial charge on any atom is -0.493 e. The SMILES string of the molecule is CCOc1cccc(N)c1C(=O)NC1CCCC(C)CC1. The summed E-state index contributed by atoms with van der Waals surface area (Å²) in [7, 11) is 0. The van der Waals surface area contributed by atoms with Gasteiger partial charge in [-0.2, -0.15) is 0 Å². The van der Waals surface area contributed by atoms with E-state index < -0.39 is 0 Å². The zero-order valence-corrected chi connectivity index (χ0v) is 13.0. The van der Waals surface area contributed by atoms with Crippen molar-refractivity contribution in [3.8, 4) is 5.75 Å². The summed E-state index contributed by atoms with van der Waals surface area (Å²) in [6, 6.07) is 5.59. The Morgan fingerprint density at radius 2 is 2.14 bits per heavy atom. The molecule has 1 aliphatic carbocycles. The van der Waals surface area contributed by atoms with Crippen molar-refractivity contribution in [2.24, 2.45) is 5.92 Å². The molecule has 0 heterocycles. The Balaban J connectivity index is 2.09. The van der Waals surface area contributed by atoms with Crippen LogP contribution in [0.2, 0.25) is 0 Å². The predicted molar refractivity (Wildman–Crippen MR) is 85.5 cm³/mol. The zero-order valence-electron chi connectivity index (χ0n) is 13.0. The minimum atomic E-state index is -0.115. The van der Waals surface area contributed by atoms with Gasteiger partial charge in [0.05, 0.1) is 6.61 Å². The summed E-state index contributed by atoms with van der Waals surface area (Å²) < 4.78 is 5.53. The fourth-order valence-electron chi connectivity index (χ4n) is 2.96. The largest absolute Gasteiger partial charge is 0.493 e. The van der Waals surface area contributed by atoms with Crippen LogP contribution in [0, 0.1) is 5.92 Å². The lowest BCUT2D eigenvalue weighted by Gasteiger charge is -2.18. The average Bonchev–Trinajstić information content (AvgIpc) is 2.64. The lowest BCUT2D eigenvalue weighted by molar-refractivity contribution is 0.0930. The maximum atomic E-state index is 12.6. The Labute approximate surface area is 127 Å². The number of nitrogens with one attached hydrogen (secondary N) is 1. The van der Waals surface area contributed by atoms with Gasteiger partial charge in [-0.3, -0.25) is 4.79 Å². The number of carbonyl (C=O) groups is 1. The van der Waals surface area contributed by atoms with Crippen molar-refractivity contribution in [2.45, 2.75) is 52.0 Å². The summed E-state index contributed by atoms with van der Waals surface area (Å²) in [5, 5.41) is 3.14. The summed E-state index contributed by atoms with van der Waals surface area (Å²) in [5.41, 5.74) is 6.91. The number of nitrogen functional groups attached to an aromatic ring is 1. The lowest BCUT2D eigenvalue weighted by Crippen LogP contribution is -2.35. The maximum absolute atomic E-state index is 12.6. The van der Waals surface area contributed by atoms with Crippen LogP contribution >= 0.6 is 0 Å². The summed E-state index contributed by atoms with van der Waals surface area (Å²) in [5.74, 6) is 1.21. The van der Waals surface area contributed by atoms with E-state index in [4.69, 9.17) is 10.5 Å². The highest BCUT2D eigenvalue weighted by atomic mass is 16.5. The van der Waals surface area contributed by atoms with E-state index in [9.17, 15) is 4.79 Å². The molecule has 0 aliphatic heterocycles. The number of hydrogen-bond donors (Lipinski definition) is 2. The van der Waals surface area contributed by atoms with E-state index >= 15 is 0 Å². The van der Waals surface area contributed by atoms with Crippen molar-refractivity contribution in [2.75, 3.05) is 12.3 Å². The monoisotopic (exact) mass is 290 g/mol. The number of hydrogen-bond acceptors (Lipinski definition) is 3. The van der Waals surface area contributed by atoms with E-state index in [1.54, 1.807) is 12.1 Å². The number of anilines is 1. The summed E-state index contributed by atoms with van der Waals surface area (Å²) in [6.07, 6.45) is 5.70. The first-order valence-corrected chi connectivity index (χ1v) is 7.94. The normalized spacial score (nSPS) is 22.4. The van der Waals surface area contributed by atoms with Crippen LogP contribution in [0.4, 0.5) is 5.69 Å². The van der Waals surface area contributed by atoms with Crippen LogP contribution in [0.3, 0.4) is 0 Å². The van der Waals surface area contributed by atoms with Crippen LogP contribution in [0.25, 0.3) is 0 Å². The van der Waals surface area contributed by atoms with Gasteiger partial charge in [0.15, 0.2) is 0 Å². The summed E-state index contributed by atoms with van der Waals surface area (Å²) in [4.78, 5) is 12.6. The molecule has 1 aliphatic rings. The van der Waals surface area contributed by atoms with E-state index in [1.807, 2.05) is 13.0 Å². The number of ether oxygens (including phenoxy) is 1. The molecule has 21 heavy (non-hydrogen) atoms. The van der Waals surface area contributed by atoms with E-state index in [0.29, 0.717) is 23.6 Å². The first kappa shape index (κ1) is 15.7. The van der Waals surface area contributed by atoms with Crippen molar-refractivity contribution in [1.29, 1.82) is 0 Å². The minimum absolute atomic E-state index is 0.115. The molecule has 3 N–H and O–H groups in total. The molecule has 1 amide bonds. The molecular formula is C17H26N2O2. The van der Waals surface area contributed by atoms with Crippen LogP contribution in [-0.2, 0) is 0 Å².